The van der Waals surface area contributed by atoms with Crippen molar-refractivity contribution < 1.29 is 13.6 Å². The fourth-order valence-corrected chi connectivity index (χ4v) is 2.75. The fourth-order valence-electron chi connectivity index (χ4n) is 2.75. The van der Waals surface area contributed by atoms with E-state index in [-0.39, 0.29) is 5.56 Å². The van der Waals surface area contributed by atoms with Gasteiger partial charge < -0.3 is 10.6 Å². The molecular formula is C17H18F2N4O. The van der Waals surface area contributed by atoms with Gasteiger partial charge in [-0.15, -0.1) is 0 Å². The zero-order valence-corrected chi connectivity index (χ0v) is 13.1. The van der Waals surface area contributed by atoms with Crippen LogP contribution in [0.2, 0.25) is 0 Å². The molecule has 126 valence electrons. The third kappa shape index (κ3) is 3.84. The van der Waals surface area contributed by atoms with E-state index in [1.54, 1.807) is 0 Å². The number of benzene rings is 1. The first-order chi connectivity index (χ1) is 11.6. The monoisotopic (exact) mass is 332 g/mol. The molecule has 0 saturated heterocycles. The highest BCUT2D eigenvalue weighted by molar-refractivity contribution is 6.04. The smallest absolute Gasteiger partial charge is 0.258 e. The molecule has 5 nitrogen and oxygen atoms in total. The molecule has 0 atom stereocenters. The first kappa shape index (κ1) is 16.3. The topological polar surface area (TPSA) is 66.9 Å². The number of carbonyl (C=O) groups is 1. The molecule has 7 heteroatoms. The van der Waals surface area contributed by atoms with Crippen LogP contribution in [0, 0.1) is 11.6 Å². The van der Waals surface area contributed by atoms with Gasteiger partial charge in [0.1, 0.15) is 17.3 Å². The maximum absolute atomic E-state index is 13.6. The van der Waals surface area contributed by atoms with E-state index in [1.165, 1.54) is 37.7 Å². The van der Waals surface area contributed by atoms with Crippen molar-refractivity contribution in [3.8, 4) is 0 Å². The quantitative estimate of drug-likeness (QED) is 0.895. The SMILES string of the molecule is O=C(Nc1c(F)cccc1F)c1cnc(NC2CCCCC2)nc1. The van der Waals surface area contributed by atoms with Gasteiger partial charge in [0.05, 0.1) is 5.56 Å². The van der Waals surface area contributed by atoms with Gasteiger partial charge in [0, 0.05) is 18.4 Å². The summed E-state index contributed by atoms with van der Waals surface area (Å²) in [6.07, 6.45) is 8.47. The molecule has 0 spiro atoms. The summed E-state index contributed by atoms with van der Waals surface area (Å²) in [6, 6.07) is 3.74. The van der Waals surface area contributed by atoms with Gasteiger partial charge in [-0.05, 0) is 25.0 Å². The molecule has 0 unspecified atom stereocenters. The number of anilines is 2. The van der Waals surface area contributed by atoms with Crippen LogP contribution >= 0.6 is 0 Å². The molecule has 1 heterocycles. The third-order valence-corrected chi connectivity index (χ3v) is 4.05. The average molecular weight is 332 g/mol. The third-order valence-electron chi connectivity index (χ3n) is 4.05. The number of carbonyl (C=O) groups excluding carboxylic acids is 1. The van der Waals surface area contributed by atoms with E-state index < -0.39 is 23.2 Å². The number of halogens is 2. The predicted octanol–water partition coefficient (Wildman–Crippen LogP) is 3.75. The van der Waals surface area contributed by atoms with Gasteiger partial charge >= 0.3 is 0 Å². The lowest BCUT2D eigenvalue weighted by molar-refractivity contribution is 0.102. The standard InChI is InChI=1S/C17H18F2N4O/c18-13-7-4-8-14(19)15(13)23-16(24)11-9-20-17(21-10-11)22-12-5-2-1-3-6-12/h4,7-10,12H,1-3,5-6H2,(H,23,24)(H,20,21,22). The number of nitrogens with zero attached hydrogens (tertiary/aromatic N) is 2. The van der Waals surface area contributed by atoms with Crippen molar-refractivity contribution in [2.75, 3.05) is 10.6 Å². The van der Waals surface area contributed by atoms with Crippen LogP contribution in [0.3, 0.4) is 0 Å². The van der Waals surface area contributed by atoms with Crippen molar-refractivity contribution in [2.24, 2.45) is 0 Å². The minimum atomic E-state index is -0.833. The number of amides is 1. The average Bonchev–Trinajstić information content (AvgIpc) is 2.60. The van der Waals surface area contributed by atoms with Crippen molar-refractivity contribution in [1.82, 2.24) is 9.97 Å². The van der Waals surface area contributed by atoms with Crippen LogP contribution in [0.5, 0.6) is 0 Å². The molecule has 1 fully saturated rings. The highest BCUT2D eigenvalue weighted by atomic mass is 19.1. The maximum atomic E-state index is 13.6. The second-order valence-corrected chi connectivity index (χ2v) is 5.83. The predicted molar refractivity (Wildman–Crippen MR) is 86.8 cm³/mol. The normalized spacial score (nSPS) is 15.1. The molecule has 1 aromatic heterocycles. The summed E-state index contributed by atoms with van der Waals surface area (Å²) in [6.45, 7) is 0. The van der Waals surface area contributed by atoms with E-state index in [0.29, 0.717) is 12.0 Å². The number of rotatable bonds is 4. The number of hydrogen-bond donors (Lipinski definition) is 2. The summed E-state index contributed by atoms with van der Waals surface area (Å²) >= 11 is 0. The van der Waals surface area contributed by atoms with E-state index in [0.717, 1.165) is 25.0 Å². The van der Waals surface area contributed by atoms with E-state index >= 15 is 0 Å². The number of para-hydroxylation sites is 1. The molecule has 1 aromatic carbocycles. The van der Waals surface area contributed by atoms with Crippen molar-refractivity contribution in [3.05, 3.63) is 47.8 Å². The molecule has 1 saturated carbocycles. The number of aromatic nitrogens is 2. The Morgan fingerprint density at radius 1 is 1.04 bits per heavy atom. The minimum Gasteiger partial charge on any atom is -0.351 e. The summed E-state index contributed by atoms with van der Waals surface area (Å²) in [5, 5.41) is 5.45. The molecule has 1 amide bonds. The van der Waals surface area contributed by atoms with Gasteiger partial charge in [0.25, 0.3) is 5.91 Å². The summed E-state index contributed by atoms with van der Waals surface area (Å²) in [5.41, 5.74) is -0.348. The molecule has 3 rings (SSSR count). The van der Waals surface area contributed by atoms with Crippen molar-refractivity contribution in [2.45, 2.75) is 38.1 Å². The maximum Gasteiger partial charge on any atom is 0.258 e. The van der Waals surface area contributed by atoms with Crippen molar-refractivity contribution >= 4 is 17.5 Å². The molecule has 0 aliphatic heterocycles. The van der Waals surface area contributed by atoms with Crippen molar-refractivity contribution in [3.63, 3.8) is 0 Å². The van der Waals surface area contributed by atoms with Crippen LogP contribution in [0.15, 0.2) is 30.6 Å². The Hall–Kier alpha value is -2.57. The lowest BCUT2D eigenvalue weighted by Gasteiger charge is -2.22. The molecule has 0 bridgehead atoms. The summed E-state index contributed by atoms with van der Waals surface area (Å²) in [4.78, 5) is 20.3. The van der Waals surface area contributed by atoms with Crippen molar-refractivity contribution in [1.29, 1.82) is 0 Å². The highest BCUT2D eigenvalue weighted by Crippen LogP contribution is 2.21. The van der Waals surface area contributed by atoms with Crippen LogP contribution in [0.1, 0.15) is 42.5 Å². The van der Waals surface area contributed by atoms with Gasteiger partial charge in [-0.3, -0.25) is 4.79 Å². The Balaban J connectivity index is 1.65. The first-order valence-electron chi connectivity index (χ1n) is 7.97. The molecule has 1 aliphatic rings. The molecule has 2 N–H and O–H groups in total. The number of hydrogen-bond acceptors (Lipinski definition) is 4. The van der Waals surface area contributed by atoms with Crippen LogP contribution in [0.4, 0.5) is 20.4 Å². The molecule has 1 aliphatic carbocycles. The van der Waals surface area contributed by atoms with Crippen LogP contribution in [0.25, 0.3) is 0 Å². The van der Waals surface area contributed by atoms with Gasteiger partial charge in [0.15, 0.2) is 0 Å². The zero-order chi connectivity index (χ0) is 16.9. The molecule has 24 heavy (non-hydrogen) atoms. The molecule has 2 aromatic rings. The van der Waals surface area contributed by atoms with Gasteiger partial charge in [-0.1, -0.05) is 25.3 Å². The summed E-state index contributed by atoms with van der Waals surface area (Å²) in [7, 11) is 0. The van der Waals surface area contributed by atoms with Gasteiger partial charge in [-0.2, -0.15) is 0 Å². The Morgan fingerprint density at radius 3 is 2.29 bits per heavy atom. The lowest BCUT2D eigenvalue weighted by atomic mass is 9.96. The minimum absolute atomic E-state index is 0.131. The Bertz CT molecular complexity index is 695. The zero-order valence-electron chi connectivity index (χ0n) is 13.1. The largest absolute Gasteiger partial charge is 0.351 e. The second kappa shape index (κ2) is 7.33. The van der Waals surface area contributed by atoms with Crippen LogP contribution in [-0.4, -0.2) is 21.9 Å². The van der Waals surface area contributed by atoms with E-state index in [4.69, 9.17) is 0 Å². The lowest BCUT2D eigenvalue weighted by Crippen LogP contribution is -2.23. The molecular weight excluding hydrogens is 314 g/mol. The first-order valence-corrected chi connectivity index (χ1v) is 7.97. The van der Waals surface area contributed by atoms with Gasteiger partial charge in [0.2, 0.25) is 5.95 Å². The number of nitrogens with one attached hydrogen (secondary N) is 2. The van der Waals surface area contributed by atoms with Crippen LogP contribution < -0.4 is 10.6 Å². The highest BCUT2D eigenvalue weighted by Gasteiger charge is 2.16. The summed E-state index contributed by atoms with van der Waals surface area (Å²) in [5.74, 6) is -1.88. The molecule has 0 radical (unpaired) electrons. The Labute approximate surface area is 138 Å². The Morgan fingerprint density at radius 2 is 1.67 bits per heavy atom. The summed E-state index contributed by atoms with van der Waals surface area (Å²) < 4.78 is 27.1. The van der Waals surface area contributed by atoms with E-state index in [1.807, 2.05) is 0 Å². The second-order valence-electron chi connectivity index (χ2n) is 5.83. The van der Waals surface area contributed by atoms with E-state index in [2.05, 4.69) is 20.6 Å². The Kier molecular flexibility index (Phi) is 4.98. The van der Waals surface area contributed by atoms with Crippen LogP contribution in [-0.2, 0) is 0 Å². The van der Waals surface area contributed by atoms with Gasteiger partial charge in [-0.25, -0.2) is 18.7 Å². The van der Waals surface area contributed by atoms with E-state index in [9.17, 15) is 13.6 Å². The fraction of sp³-hybridized carbons (Fsp3) is 0.353.